The average Bonchev–Trinajstić information content (AvgIpc) is 2.94. The van der Waals surface area contributed by atoms with Gasteiger partial charge >= 0.3 is 0 Å². The highest BCUT2D eigenvalue weighted by atomic mass is 35.5. The molecule has 40 heavy (non-hydrogen) atoms. The number of nitrogens with zero attached hydrogens (tertiary/aromatic N) is 1. The summed E-state index contributed by atoms with van der Waals surface area (Å²) < 4.78 is 25.0. The first kappa shape index (κ1) is 28.9. The van der Waals surface area contributed by atoms with Crippen molar-refractivity contribution in [1.29, 1.82) is 0 Å². The van der Waals surface area contributed by atoms with Crippen LogP contribution in [-0.2, 0) is 16.0 Å². The highest BCUT2D eigenvalue weighted by molar-refractivity contribution is 6.31. The number of benzene rings is 3. The van der Waals surface area contributed by atoms with E-state index in [1.165, 1.54) is 23.1 Å². The molecule has 0 fully saturated rings. The van der Waals surface area contributed by atoms with Gasteiger partial charge in [0.25, 0.3) is 11.8 Å². The molecule has 210 valence electrons. The predicted octanol–water partition coefficient (Wildman–Crippen LogP) is 4.02. The lowest BCUT2D eigenvalue weighted by molar-refractivity contribution is -0.138. The smallest absolute Gasteiger partial charge is 0.260 e. The molecule has 8 nitrogen and oxygen atoms in total. The van der Waals surface area contributed by atoms with Crippen LogP contribution in [0.1, 0.15) is 28.8 Å². The fraction of sp³-hybridized carbons (Fsp3) is 0.300. The maximum atomic E-state index is 13.5. The number of halogens is 2. The van der Waals surface area contributed by atoms with Crippen LogP contribution in [0.25, 0.3) is 0 Å². The minimum Gasteiger partial charge on any atom is -0.491 e. The molecular weight excluding hydrogens is 537 g/mol. The summed E-state index contributed by atoms with van der Waals surface area (Å²) in [6.07, 6.45) is 1.57. The minimum atomic E-state index is -0.475. The van der Waals surface area contributed by atoms with Gasteiger partial charge in [0.1, 0.15) is 23.9 Å². The quantitative estimate of drug-likeness (QED) is 0.485. The summed E-state index contributed by atoms with van der Waals surface area (Å²) in [5.41, 5.74) is 1.29. The Bertz CT molecular complexity index is 1320. The summed E-state index contributed by atoms with van der Waals surface area (Å²) >= 11 is 6.15. The molecule has 0 unspecified atom stereocenters. The molecule has 0 spiro atoms. The summed E-state index contributed by atoms with van der Waals surface area (Å²) in [4.78, 5) is 40.5. The lowest BCUT2D eigenvalue weighted by atomic mass is 10.1. The van der Waals surface area contributed by atoms with Crippen LogP contribution in [0.15, 0.2) is 72.8 Å². The molecule has 0 aliphatic carbocycles. The molecule has 0 radical (unpaired) electrons. The van der Waals surface area contributed by atoms with Crippen molar-refractivity contribution >= 4 is 29.3 Å². The normalized spacial score (nSPS) is 16.9. The molecule has 0 saturated carbocycles. The van der Waals surface area contributed by atoms with Crippen LogP contribution in [0.4, 0.5) is 4.39 Å². The molecule has 0 bridgehead atoms. The summed E-state index contributed by atoms with van der Waals surface area (Å²) in [6.45, 7) is 0.181. The number of hydrogen-bond acceptors (Lipinski definition) is 5. The van der Waals surface area contributed by atoms with Gasteiger partial charge in [-0.1, -0.05) is 48.0 Å². The maximum absolute atomic E-state index is 13.5. The first-order chi connectivity index (χ1) is 19.4. The van der Waals surface area contributed by atoms with E-state index in [0.717, 1.165) is 5.56 Å². The van der Waals surface area contributed by atoms with Gasteiger partial charge in [-0.15, -0.1) is 0 Å². The van der Waals surface area contributed by atoms with Gasteiger partial charge in [0.05, 0.1) is 18.2 Å². The van der Waals surface area contributed by atoms with E-state index in [1.807, 2.05) is 30.3 Å². The highest BCUT2D eigenvalue weighted by Crippen LogP contribution is 2.23. The Morgan fingerprint density at radius 2 is 1.88 bits per heavy atom. The van der Waals surface area contributed by atoms with E-state index in [9.17, 15) is 18.8 Å². The molecule has 4 rings (SSSR count). The van der Waals surface area contributed by atoms with E-state index in [2.05, 4.69) is 10.6 Å². The molecule has 3 amide bonds. The van der Waals surface area contributed by atoms with Gasteiger partial charge in [-0.3, -0.25) is 14.4 Å². The van der Waals surface area contributed by atoms with Crippen LogP contribution in [0, 0.1) is 5.82 Å². The Morgan fingerprint density at radius 3 is 2.67 bits per heavy atom. The summed E-state index contributed by atoms with van der Waals surface area (Å²) in [7, 11) is 0. The molecule has 3 aromatic rings. The molecule has 1 heterocycles. The van der Waals surface area contributed by atoms with Crippen molar-refractivity contribution in [2.24, 2.45) is 0 Å². The third kappa shape index (κ3) is 8.71. The molecular formula is C30H31ClFN3O5. The topological polar surface area (TPSA) is 97.0 Å². The highest BCUT2D eigenvalue weighted by Gasteiger charge is 2.22. The summed E-state index contributed by atoms with van der Waals surface area (Å²) in [6, 6.07) is 19.5. The van der Waals surface area contributed by atoms with Gasteiger partial charge in [0.2, 0.25) is 5.91 Å². The van der Waals surface area contributed by atoms with Gasteiger partial charge in [0, 0.05) is 24.2 Å². The van der Waals surface area contributed by atoms with E-state index < -0.39 is 17.8 Å². The van der Waals surface area contributed by atoms with Crippen LogP contribution in [-0.4, -0.2) is 61.5 Å². The van der Waals surface area contributed by atoms with Gasteiger partial charge < -0.3 is 25.0 Å². The molecule has 1 atom stereocenters. The van der Waals surface area contributed by atoms with Crippen LogP contribution in [0.2, 0.25) is 5.02 Å². The Morgan fingerprint density at radius 1 is 1.05 bits per heavy atom. The molecule has 2 N–H and O–H groups in total. The number of amides is 3. The number of carbonyl (C=O) groups is 3. The van der Waals surface area contributed by atoms with Crippen molar-refractivity contribution < 1.29 is 28.2 Å². The van der Waals surface area contributed by atoms with Gasteiger partial charge in [-0.05, 0) is 55.2 Å². The SMILES string of the molecule is O=C1CN(C(=O)COc2cccc(F)c2)CCCCNC(=O)c2cc(Cl)ccc2OC[C@@H](Cc2ccccc2)N1. The molecule has 0 aromatic heterocycles. The Labute approximate surface area is 237 Å². The Kier molecular flexibility index (Phi) is 10.3. The second kappa shape index (κ2) is 14.3. The zero-order chi connectivity index (χ0) is 28.3. The predicted molar refractivity (Wildman–Crippen MR) is 149 cm³/mol. The first-order valence-electron chi connectivity index (χ1n) is 13.1. The first-order valence-corrected chi connectivity index (χ1v) is 13.4. The number of rotatable bonds is 5. The van der Waals surface area contributed by atoms with E-state index in [-0.39, 0.29) is 43.9 Å². The van der Waals surface area contributed by atoms with Crippen LogP contribution < -0.4 is 20.1 Å². The summed E-state index contributed by atoms with van der Waals surface area (Å²) in [5, 5.41) is 6.25. The van der Waals surface area contributed by atoms with Crippen molar-refractivity contribution in [2.75, 3.05) is 32.8 Å². The lowest BCUT2D eigenvalue weighted by Crippen LogP contribution is -2.48. The maximum Gasteiger partial charge on any atom is 0.260 e. The van der Waals surface area contributed by atoms with Crippen LogP contribution >= 0.6 is 11.6 Å². The molecule has 1 aliphatic heterocycles. The second-order valence-electron chi connectivity index (χ2n) is 9.43. The summed E-state index contributed by atoms with van der Waals surface area (Å²) in [5.74, 6) is -0.993. The molecule has 10 heteroatoms. The van der Waals surface area contributed by atoms with E-state index in [4.69, 9.17) is 21.1 Å². The third-order valence-electron chi connectivity index (χ3n) is 6.30. The van der Waals surface area contributed by atoms with E-state index >= 15 is 0 Å². The molecule has 1 aliphatic rings. The fourth-order valence-electron chi connectivity index (χ4n) is 4.30. The van der Waals surface area contributed by atoms with Gasteiger partial charge in [-0.2, -0.15) is 0 Å². The second-order valence-corrected chi connectivity index (χ2v) is 9.87. The Hall–Kier alpha value is -4.11. The van der Waals surface area contributed by atoms with Crippen LogP contribution in [0.3, 0.4) is 0 Å². The van der Waals surface area contributed by atoms with Gasteiger partial charge in [-0.25, -0.2) is 4.39 Å². The molecule has 3 aromatic carbocycles. The number of hydrogen-bond donors (Lipinski definition) is 2. The number of carbonyl (C=O) groups excluding carboxylic acids is 3. The Balaban J connectivity index is 1.51. The van der Waals surface area contributed by atoms with Crippen molar-refractivity contribution in [2.45, 2.75) is 25.3 Å². The number of ether oxygens (including phenoxy) is 2. The van der Waals surface area contributed by atoms with Crippen molar-refractivity contribution in [3.8, 4) is 11.5 Å². The van der Waals surface area contributed by atoms with Crippen molar-refractivity contribution in [1.82, 2.24) is 15.5 Å². The van der Waals surface area contributed by atoms with Crippen LogP contribution in [0.5, 0.6) is 11.5 Å². The fourth-order valence-corrected chi connectivity index (χ4v) is 4.47. The average molecular weight is 568 g/mol. The van der Waals surface area contributed by atoms with Crippen molar-refractivity contribution in [3.63, 3.8) is 0 Å². The van der Waals surface area contributed by atoms with E-state index in [1.54, 1.807) is 24.3 Å². The lowest BCUT2D eigenvalue weighted by Gasteiger charge is -2.25. The monoisotopic (exact) mass is 567 g/mol. The standard InChI is InChI=1S/C30H31ClFN3O5/c31-22-11-12-27-26(16-22)30(38)33-13-4-5-14-35(29(37)20-39-25-10-6-9-23(32)17-25)18-28(36)34-24(19-40-27)15-21-7-2-1-3-8-21/h1-3,6-12,16-17,24H,4-5,13-15,18-20H2,(H,33,38)(H,34,36)/t24-/m1/s1. The van der Waals surface area contributed by atoms with E-state index in [0.29, 0.717) is 42.1 Å². The zero-order valence-corrected chi connectivity index (χ0v) is 22.7. The number of fused-ring (bicyclic) bond motifs is 1. The number of nitrogens with one attached hydrogen (secondary N) is 2. The van der Waals surface area contributed by atoms with Crippen molar-refractivity contribution in [3.05, 3.63) is 94.8 Å². The van der Waals surface area contributed by atoms with Gasteiger partial charge in [0.15, 0.2) is 6.61 Å². The largest absolute Gasteiger partial charge is 0.491 e. The minimum absolute atomic E-state index is 0.0825. The third-order valence-corrected chi connectivity index (χ3v) is 6.54. The molecule has 0 saturated heterocycles. The zero-order valence-electron chi connectivity index (χ0n) is 21.9.